The molecular formula is C24H27ClN4O3. The maximum absolute atomic E-state index is 13.1. The first-order chi connectivity index (χ1) is 15.4. The Balaban J connectivity index is 2.29. The number of aliphatic imine (C=N–C) groups is 1. The first kappa shape index (κ1) is 24.9. The molecule has 8 heteroatoms. The highest BCUT2D eigenvalue weighted by Crippen LogP contribution is 2.27. The van der Waals surface area contributed by atoms with Crippen LogP contribution in [0.15, 0.2) is 82.5 Å². The Morgan fingerprint density at radius 1 is 1.41 bits per heavy atom. The minimum atomic E-state index is -0.405. The van der Waals surface area contributed by atoms with E-state index in [0.29, 0.717) is 23.6 Å². The van der Waals surface area contributed by atoms with Gasteiger partial charge in [0.15, 0.2) is 0 Å². The number of aryl methyl sites for hydroxylation is 1. The van der Waals surface area contributed by atoms with E-state index in [1.165, 1.54) is 11.1 Å². The second-order valence-electron chi connectivity index (χ2n) is 7.08. The molecule has 0 bridgehead atoms. The summed E-state index contributed by atoms with van der Waals surface area (Å²) >= 11 is 5.94. The summed E-state index contributed by atoms with van der Waals surface area (Å²) in [6, 6.07) is 7.03. The summed E-state index contributed by atoms with van der Waals surface area (Å²) in [5.74, 6) is -0.131. The molecule has 1 heterocycles. The van der Waals surface area contributed by atoms with Crippen LogP contribution in [0.1, 0.15) is 25.3 Å². The molecule has 32 heavy (non-hydrogen) atoms. The molecule has 1 aliphatic rings. The van der Waals surface area contributed by atoms with Crippen molar-refractivity contribution >= 4 is 29.4 Å². The van der Waals surface area contributed by atoms with Gasteiger partial charge in [0.1, 0.15) is 0 Å². The molecule has 7 nitrogen and oxygen atoms in total. The summed E-state index contributed by atoms with van der Waals surface area (Å²) < 4.78 is 0. The summed E-state index contributed by atoms with van der Waals surface area (Å²) in [6.07, 6.45) is 11.4. The molecule has 0 fully saturated rings. The number of hydrazone groups is 1. The van der Waals surface area contributed by atoms with Crippen LogP contribution in [-0.2, 0) is 11.2 Å². The zero-order chi connectivity index (χ0) is 23.5. The molecule has 0 N–H and O–H groups in total. The van der Waals surface area contributed by atoms with E-state index in [9.17, 15) is 14.9 Å². The number of amides is 1. The van der Waals surface area contributed by atoms with Gasteiger partial charge in [0.25, 0.3) is 0 Å². The van der Waals surface area contributed by atoms with E-state index < -0.39 is 4.92 Å². The topological polar surface area (TPSA) is 88.2 Å². The third-order valence-corrected chi connectivity index (χ3v) is 5.14. The number of allylic oxidation sites excluding steroid dienone is 4. The lowest BCUT2D eigenvalue weighted by Gasteiger charge is -2.23. The lowest BCUT2D eigenvalue weighted by Crippen LogP contribution is -2.34. The van der Waals surface area contributed by atoms with Crippen molar-refractivity contribution in [3.8, 4) is 0 Å². The van der Waals surface area contributed by atoms with Crippen molar-refractivity contribution < 1.29 is 9.72 Å². The van der Waals surface area contributed by atoms with Gasteiger partial charge in [-0.15, -0.1) is 0 Å². The number of nitrogens with zero attached hydrogens (tertiary/aromatic N) is 4. The van der Waals surface area contributed by atoms with Gasteiger partial charge in [0.05, 0.1) is 11.8 Å². The van der Waals surface area contributed by atoms with Crippen LogP contribution in [0.3, 0.4) is 0 Å². The number of halogens is 1. The van der Waals surface area contributed by atoms with Crippen molar-refractivity contribution in [3.63, 3.8) is 0 Å². The standard InChI is InChI=1S/C24H27ClN4O3/c1-4-7-20(17-26-3)22-16-23(19(5-2)8-6-15-28(31)32)29(27-22)24(30)14-11-18-9-12-21(25)13-10-18/h4-10,12-13,17,23H,1,11,14-16H2,2-3H3/b8-6-,19-5+,20-7+,26-17?. The quantitative estimate of drug-likeness (QED) is 0.220. The van der Waals surface area contributed by atoms with Gasteiger partial charge in [-0.25, -0.2) is 5.01 Å². The summed E-state index contributed by atoms with van der Waals surface area (Å²) in [6.45, 7) is 5.29. The second kappa shape index (κ2) is 12.5. The SMILES string of the molecule is C=C/C=C(\C=NC)C1=NN(C(=O)CCc2ccc(Cl)cc2)C(C(/C=C\C[N+](=O)[O-])=C/C)C1. The highest BCUT2D eigenvalue weighted by atomic mass is 35.5. The number of carbonyl (C=O) groups is 1. The summed E-state index contributed by atoms with van der Waals surface area (Å²) in [5.41, 5.74) is 3.27. The number of benzene rings is 1. The maximum atomic E-state index is 13.1. The maximum Gasteiger partial charge on any atom is 0.243 e. The van der Waals surface area contributed by atoms with E-state index in [0.717, 1.165) is 16.7 Å². The van der Waals surface area contributed by atoms with E-state index >= 15 is 0 Å². The molecule has 168 valence electrons. The predicted octanol–water partition coefficient (Wildman–Crippen LogP) is 4.82. The monoisotopic (exact) mass is 454 g/mol. The molecule has 1 amide bonds. The number of hydrogen-bond acceptors (Lipinski definition) is 5. The molecule has 1 aromatic carbocycles. The van der Waals surface area contributed by atoms with Crippen LogP contribution < -0.4 is 0 Å². The number of rotatable bonds is 10. The van der Waals surface area contributed by atoms with E-state index in [2.05, 4.69) is 16.7 Å². The molecule has 0 saturated carbocycles. The van der Waals surface area contributed by atoms with Gasteiger partial charge in [-0.1, -0.05) is 54.6 Å². The van der Waals surface area contributed by atoms with Crippen LogP contribution in [0.4, 0.5) is 0 Å². The van der Waals surface area contributed by atoms with Gasteiger partial charge >= 0.3 is 0 Å². The molecule has 0 aliphatic carbocycles. The van der Waals surface area contributed by atoms with Crippen molar-refractivity contribution in [2.75, 3.05) is 13.6 Å². The van der Waals surface area contributed by atoms with Crippen LogP contribution in [-0.4, -0.2) is 47.4 Å². The smallest absolute Gasteiger partial charge is 0.243 e. The Morgan fingerprint density at radius 2 is 2.12 bits per heavy atom. The molecule has 1 aromatic rings. The predicted molar refractivity (Wildman–Crippen MR) is 130 cm³/mol. The minimum absolute atomic E-state index is 0.131. The highest BCUT2D eigenvalue weighted by Gasteiger charge is 2.33. The van der Waals surface area contributed by atoms with Crippen molar-refractivity contribution in [3.05, 3.63) is 93.1 Å². The number of nitro groups is 1. The summed E-state index contributed by atoms with van der Waals surface area (Å²) in [4.78, 5) is 27.5. The van der Waals surface area contributed by atoms with E-state index in [-0.39, 0.29) is 24.9 Å². The summed E-state index contributed by atoms with van der Waals surface area (Å²) in [5, 5.41) is 17.4. The summed E-state index contributed by atoms with van der Waals surface area (Å²) in [7, 11) is 1.66. The van der Waals surface area contributed by atoms with Crippen LogP contribution in [0, 0.1) is 10.1 Å². The molecule has 1 unspecified atom stereocenters. The zero-order valence-corrected chi connectivity index (χ0v) is 19.0. The largest absolute Gasteiger partial charge is 0.296 e. The Kier molecular flexibility index (Phi) is 9.76. The Labute approximate surface area is 193 Å². The first-order valence-electron chi connectivity index (χ1n) is 10.2. The third-order valence-electron chi connectivity index (χ3n) is 4.89. The van der Waals surface area contributed by atoms with Crippen molar-refractivity contribution in [1.82, 2.24) is 5.01 Å². The molecular weight excluding hydrogens is 428 g/mol. The van der Waals surface area contributed by atoms with E-state index in [4.69, 9.17) is 11.6 Å². The molecule has 0 radical (unpaired) electrons. The fourth-order valence-electron chi connectivity index (χ4n) is 3.35. The minimum Gasteiger partial charge on any atom is -0.296 e. The van der Waals surface area contributed by atoms with E-state index in [1.54, 1.807) is 43.6 Å². The van der Waals surface area contributed by atoms with E-state index in [1.807, 2.05) is 25.1 Å². The number of hydrogen-bond donors (Lipinski definition) is 0. The van der Waals surface area contributed by atoms with Crippen molar-refractivity contribution in [1.29, 1.82) is 0 Å². The molecule has 0 saturated heterocycles. The normalized spacial score (nSPS) is 17.3. The lowest BCUT2D eigenvalue weighted by molar-refractivity contribution is -0.468. The van der Waals surface area contributed by atoms with Crippen LogP contribution in [0.2, 0.25) is 5.02 Å². The first-order valence-corrected chi connectivity index (χ1v) is 10.6. The average Bonchev–Trinajstić information content (AvgIpc) is 3.21. The van der Waals surface area contributed by atoms with Gasteiger partial charge < -0.3 is 0 Å². The van der Waals surface area contributed by atoms with Gasteiger partial charge in [0.2, 0.25) is 12.5 Å². The average molecular weight is 455 g/mol. The van der Waals surface area contributed by atoms with Gasteiger partial charge in [-0.2, -0.15) is 5.10 Å². The Bertz CT molecular complexity index is 991. The molecule has 1 atom stereocenters. The molecule has 0 aromatic heterocycles. The lowest BCUT2D eigenvalue weighted by atomic mass is 9.97. The van der Waals surface area contributed by atoms with Gasteiger partial charge in [-0.3, -0.25) is 19.9 Å². The highest BCUT2D eigenvalue weighted by molar-refractivity contribution is 6.30. The fourth-order valence-corrected chi connectivity index (χ4v) is 3.47. The van der Waals surface area contributed by atoms with Crippen LogP contribution in [0.5, 0.6) is 0 Å². The number of carbonyl (C=O) groups excluding carboxylic acids is 1. The fraction of sp³-hybridized carbons (Fsp3) is 0.292. The third kappa shape index (κ3) is 7.13. The van der Waals surface area contributed by atoms with Crippen LogP contribution in [0.25, 0.3) is 0 Å². The van der Waals surface area contributed by atoms with Crippen molar-refractivity contribution in [2.24, 2.45) is 10.1 Å². The van der Waals surface area contributed by atoms with Gasteiger partial charge in [-0.05, 0) is 42.7 Å². The molecule has 2 rings (SSSR count). The Morgan fingerprint density at radius 3 is 2.72 bits per heavy atom. The Hall–Kier alpha value is -3.32. The van der Waals surface area contributed by atoms with Crippen molar-refractivity contribution in [2.45, 2.75) is 32.2 Å². The molecule has 1 aliphatic heterocycles. The second-order valence-corrected chi connectivity index (χ2v) is 7.52. The van der Waals surface area contributed by atoms with Crippen LogP contribution >= 0.6 is 11.6 Å². The van der Waals surface area contributed by atoms with Gasteiger partial charge in [0, 0.05) is 41.6 Å². The zero-order valence-electron chi connectivity index (χ0n) is 18.3. The molecule has 0 spiro atoms.